The van der Waals surface area contributed by atoms with Gasteiger partial charge in [-0.25, -0.2) is 14.2 Å². The van der Waals surface area contributed by atoms with E-state index in [1.165, 1.54) is 0 Å². The van der Waals surface area contributed by atoms with Gasteiger partial charge in [-0.15, -0.1) is 0 Å². The van der Waals surface area contributed by atoms with Gasteiger partial charge in [0.05, 0.1) is 5.56 Å². The third kappa shape index (κ3) is 3.46. The number of hydrogen-bond acceptors (Lipinski definition) is 3. The van der Waals surface area contributed by atoms with Crippen LogP contribution in [0.3, 0.4) is 0 Å². The Morgan fingerprint density at radius 2 is 1.95 bits per heavy atom. The van der Waals surface area contributed by atoms with Crippen LogP contribution >= 0.6 is 0 Å². The SMILES string of the molecule is CC(C)(C)C(NC(=O)c1ccnc(F)c1F)C(=O)O. The molecule has 0 radical (unpaired) electrons. The molecule has 1 aromatic heterocycles. The van der Waals surface area contributed by atoms with Crippen molar-refractivity contribution in [3.8, 4) is 0 Å². The number of aromatic nitrogens is 1. The Bertz CT molecular complexity index is 512. The molecule has 19 heavy (non-hydrogen) atoms. The molecular weight excluding hydrogens is 258 g/mol. The molecular formula is C12H14F2N2O3. The summed E-state index contributed by atoms with van der Waals surface area (Å²) in [7, 11) is 0. The number of rotatable bonds is 3. The predicted molar refractivity (Wildman–Crippen MR) is 62.5 cm³/mol. The van der Waals surface area contributed by atoms with Crippen LogP contribution in [0, 0.1) is 17.2 Å². The monoisotopic (exact) mass is 272 g/mol. The Hall–Kier alpha value is -2.05. The molecule has 1 atom stereocenters. The second-order valence-corrected chi connectivity index (χ2v) is 5.07. The molecule has 1 unspecified atom stereocenters. The first-order valence-corrected chi connectivity index (χ1v) is 5.48. The molecule has 0 saturated heterocycles. The number of halogens is 2. The van der Waals surface area contributed by atoms with Gasteiger partial charge in [0, 0.05) is 6.20 Å². The van der Waals surface area contributed by atoms with Crippen molar-refractivity contribution in [1.82, 2.24) is 10.3 Å². The second kappa shape index (κ2) is 5.29. The van der Waals surface area contributed by atoms with Crippen LogP contribution < -0.4 is 5.32 Å². The highest BCUT2D eigenvalue weighted by molar-refractivity contribution is 5.96. The molecule has 0 aliphatic carbocycles. The number of nitrogens with zero attached hydrogens (tertiary/aromatic N) is 1. The molecule has 0 aliphatic heterocycles. The van der Waals surface area contributed by atoms with E-state index >= 15 is 0 Å². The van der Waals surface area contributed by atoms with E-state index in [2.05, 4.69) is 10.3 Å². The normalized spacial score (nSPS) is 12.9. The van der Waals surface area contributed by atoms with E-state index in [0.717, 1.165) is 12.3 Å². The number of carboxylic acids is 1. The molecule has 0 fully saturated rings. The fourth-order valence-corrected chi connectivity index (χ4v) is 1.45. The molecule has 0 bridgehead atoms. The summed E-state index contributed by atoms with van der Waals surface area (Å²) in [6.07, 6.45) is 0.931. The van der Waals surface area contributed by atoms with Gasteiger partial charge in [0.1, 0.15) is 6.04 Å². The average molecular weight is 272 g/mol. The fourth-order valence-electron chi connectivity index (χ4n) is 1.45. The number of amides is 1. The minimum Gasteiger partial charge on any atom is -0.480 e. The lowest BCUT2D eigenvalue weighted by Gasteiger charge is -2.27. The van der Waals surface area contributed by atoms with Crippen LogP contribution in [0.15, 0.2) is 12.3 Å². The van der Waals surface area contributed by atoms with Crippen molar-refractivity contribution in [3.63, 3.8) is 0 Å². The Balaban J connectivity index is 3.02. The number of carbonyl (C=O) groups excluding carboxylic acids is 1. The third-order valence-electron chi connectivity index (χ3n) is 2.48. The molecule has 5 nitrogen and oxygen atoms in total. The largest absolute Gasteiger partial charge is 0.480 e. The van der Waals surface area contributed by atoms with Crippen molar-refractivity contribution in [2.45, 2.75) is 26.8 Å². The number of hydrogen-bond donors (Lipinski definition) is 2. The highest BCUT2D eigenvalue weighted by Crippen LogP contribution is 2.20. The smallest absolute Gasteiger partial charge is 0.326 e. The summed E-state index contributed by atoms with van der Waals surface area (Å²) < 4.78 is 26.2. The lowest BCUT2D eigenvalue weighted by atomic mass is 9.86. The van der Waals surface area contributed by atoms with E-state index in [1.807, 2.05) is 0 Å². The summed E-state index contributed by atoms with van der Waals surface area (Å²) in [6.45, 7) is 4.82. The van der Waals surface area contributed by atoms with Crippen LogP contribution in [0.25, 0.3) is 0 Å². The van der Waals surface area contributed by atoms with Crippen molar-refractivity contribution in [2.24, 2.45) is 5.41 Å². The van der Waals surface area contributed by atoms with Crippen molar-refractivity contribution < 1.29 is 23.5 Å². The first kappa shape index (κ1) is 15.0. The van der Waals surface area contributed by atoms with Gasteiger partial charge in [-0.3, -0.25) is 4.79 Å². The van der Waals surface area contributed by atoms with Crippen LogP contribution in [0.5, 0.6) is 0 Å². The van der Waals surface area contributed by atoms with E-state index < -0.39 is 40.7 Å². The first-order valence-electron chi connectivity index (χ1n) is 5.48. The van der Waals surface area contributed by atoms with Gasteiger partial charge in [-0.1, -0.05) is 20.8 Å². The molecule has 0 aromatic carbocycles. The Morgan fingerprint density at radius 3 is 2.42 bits per heavy atom. The zero-order valence-corrected chi connectivity index (χ0v) is 10.7. The summed E-state index contributed by atoms with van der Waals surface area (Å²) in [6, 6.07) is -0.245. The summed E-state index contributed by atoms with van der Waals surface area (Å²) >= 11 is 0. The Morgan fingerprint density at radius 1 is 1.37 bits per heavy atom. The van der Waals surface area contributed by atoms with Crippen LogP contribution in [0.2, 0.25) is 0 Å². The third-order valence-corrected chi connectivity index (χ3v) is 2.48. The van der Waals surface area contributed by atoms with Crippen LogP contribution in [0.4, 0.5) is 8.78 Å². The zero-order chi connectivity index (χ0) is 14.8. The van der Waals surface area contributed by atoms with Crippen molar-refractivity contribution >= 4 is 11.9 Å². The van der Waals surface area contributed by atoms with E-state index in [1.54, 1.807) is 20.8 Å². The lowest BCUT2D eigenvalue weighted by Crippen LogP contribution is -2.49. The molecule has 0 spiro atoms. The van der Waals surface area contributed by atoms with Gasteiger partial charge in [0.2, 0.25) is 5.95 Å². The van der Waals surface area contributed by atoms with E-state index in [0.29, 0.717) is 0 Å². The number of aliphatic carboxylic acids is 1. The minimum atomic E-state index is -1.41. The standard InChI is InChI=1S/C12H14F2N2O3/c1-12(2,3)8(11(18)19)16-10(17)6-4-5-15-9(14)7(6)13/h4-5,8H,1-3H3,(H,16,17)(H,18,19). The van der Waals surface area contributed by atoms with Gasteiger partial charge >= 0.3 is 5.97 Å². The summed E-state index contributed by atoms with van der Waals surface area (Å²) in [5, 5.41) is 11.2. The second-order valence-electron chi connectivity index (χ2n) is 5.07. The van der Waals surface area contributed by atoms with Crippen LogP contribution in [-0.4, -0.2) is 28.0 Å². The quantitative estimate of drug-likeness (QED) is 0.819. The number of pyridine rings is 1. The minimum absolute atomic E-state index is 0.581. The fraction of sp³-hybridized carbons (Fsp3) is 0.417. The van der Waals surface area contributed by atoms with Gasteiger partial charge in [-0.05, 0) is 11.5 Å². The van der Waals surface area contributed by atoms with Gasteiger partial charge in [0.15, 0.2) is 5.82 Å². The first-order chi connectivity index (χ1) is 8.64. The van der Waals surface area contributed by atoms with Gasteiger partial charge in [-0.2, -0.15) is 4.39 Å². The molecule has 7 heteroatoms. The molecule has 0 aliphatic rings. The van der Waals surface area contributed by atoms with Crippen molar-refractivity contribution in [2.75, 3.05) is 0 Å². The van der Waals surface area contributed by atoms with Crippen LogP contribution in [-0.2, 0) is 4.79 Å². The Kier molecular flexibility index (Phi) is 4.18. The highest BCUT2D eigenvalue weighted by atomic mass is 19.2. The maximum absolute atomic E-state index is 13.4. The number of carboxylic acid groups (broad SMARTS) is 1. The van der Waals surface area contributed by atoms with E-state index in [9.17, 15) is 18.4 Å². The lowest BCUT2D eigenvalue weighted by molar-refractivity contribution is -0.142. The van der Waals surface area contributed by atoms with Crippen molar-refractivity contribution in [1.29, 1.82) is 0 Å². The number of nitrogens with one attached hydrogen (secondary N) is 1. The molecule has 1 aromatic rings. The zero-order valence-electron chi connectivity index (χ0n) is 10.7. The Labute approximate surface area is 108 Å². The van der Waals surface area contributed by atoms with Crippen LogP contribution in [0.1, 0.15) is 31.1 Å². The molecule has 0 saturated carbocycles. The molecule has 1 rings (SSSR count). The maximum atomic E-state index is 13.4. The highest BCUT2D eigenvalue weighted by Gasteiger charge is 2.33. The number of carbonyl (C=O) groups is 2. The molecule has 2 N–H and O–H groups in total. The summed E-state index contributed by atoms with van der Waals surface area (Å²) in [5.41, 5.74) is -1.35. The predicted octanol–water partition coefficient (Wildman–Crippen LogP) is 1.59. The maximum Gasteiger partial charge on any atom is 0.326 e. The van der Waals surface area contributed by atoms with Gasteiger partial charge in [0.25, 0.3) is 5.91 Å². The molecule has 1 heterocycles. The topological polar surface area (TPSA) is 79.3 Å². The molecule has 104 valence electrons. The summed E-state index contributed by atoms with van der Waals surface area (Å²) in [4.78, 5) is 25.9. The van der Waals surface area contributed by atoms with E-state index in [-0.39, 0.29) is 0 Å². The summed E-state index contributed by atoms with van der Waals surface area (Å²) in [5.74, 6) is -5.06. The van der Waals surface area contributed by atoms with Crippen molar-refractivity contribution in [3.05, 3.63) is 29.6 Å². The average Bonchev–Trinajstić information content (AvgIpc) is 2.27. The van der Waals surface area contributed by atoms with E-state index in [4.69, 9.17) is 5.11 Å². The molecule has 1 amide bonds. The van der Waals surface area contributed by atoms with Gasteiger partial charge < -0.3 is 10.4 Å².